The van der Waals surface area contributed by atoms with Crippen LogP contribution in [0.25, 0.3) is 0 Å². The molecule has 0 aromatic heterocycles. The molecule has 5 N–H and O–H groups in total. The van der Waals surface area contributed by atoms with E-state index in [2.05, 4.69) is 0 Å². The van der Waals surface area contributed by atoms with Gasteiger partial charge in [-0.05, 0) is 31.1 Å². The average molecular weight is 434 g/mol. The molecule has 0 unspecified atom stereocenters. The minimum absolute atomic E-state index is 0.00954. The maximum absolute atomic E-state index is 13.3. The van der Waals surface area contributed by atoms with Crippen LogP contribution in [0.15, 0.2) is 17.7 Å². The van der Waals surface area contributed by atoms with E-state index in [-0.39, 0.29) is 23.1 Å². The highest BCUT2D eigenvalue weighted by Gasteiger charge is 2.48. The van der Waals surface area contributed by atoms with Gasteiger partial charge in [0.25, 0.3) is 0 Å². The normalized spacial score (nSPS) is 35.0. The molecule has 9 nitrogen and oxygen atoms in total. The Bertz CT molecular complexity index is 964. The number of rotatable bonds is 4. The molecule has 2 heterocycles. The van der Waals surface area contributed by atoms with Crippen molar-refractivity contribution in [3.05, 3.63) is 40.0 Å². The Hall–Kier alpha value is -2.14. The molecule has 1 aliphatic carbocycles. The first-order valence-electron chi connectivity index (χ1n) is 10.3. The first-order chi connectivity index (χ1) is 14.6. The summed E-state index contributed by atoms with van der Waals surface area (Å²) in [5.41, 5.74) is 0.452. The second-order valence-corrected chi connectivity index (χ2v) is 8.52. The lowest BCUT2D eigenvalue weighted by molar-refractivity contribution is -0.229. The minimum atomic E-state index is -1.52. The third-order valence-electron chi connectivity index (χ3n) is 6.10. The third kappa shape index (κ3) is 3.51. The van der Waals surface area contributed by atoms with Crippen molar-refractivity contribution in [1.29, 1.82) is 0 Å². The molecule has 168 valence electrons. The molecule has 3 aliphatic rings. The van der Waals surface area contributed by atoms with Crippen molar-refractivity contribution in [1.82, 2.24) is 0 Å². The van der Waals surface area contributed by atoms with Crippen LogP contribution in [0, 0.1) is 0 Å². The van der Waals surface area contributed by atoms with E-state index in [1.165, 1.54) is 13.0 Å². The fourth-order valence-corrected chi connectivity index (χ4v) is 4.69. The zero-order chi connectivity index (χ0) is 22.7. The number of hydrogen-bond acceptors (Lipinski definition) is 9. The predicted octanol–water partition coefficient (Wildman–Crippen LogP) is 0.301. The zero-order valence-corrected chi connectivity index (χ0v) is 17.2. The van der Waals surface area contributed by atoms with Gasteiger partial charge in [0.1, 0.15) is 30.2 Å². The summed E-state index contributed by atoms with van der Waals surface area (Å²) in [5.74, 6) is -3.15. The Morgan fingerprint density at radius 1 is 1.23 bits per heavy atom. The highest BCUT2D eigenvalue weighted by atomic mass is 16.6. The van der Waals surface area contributed by atoms with E-state index >= 15 is 0 Å². The maximum atomic E-state index is 13.3. The Balaban J connectivity index is 1.80. The Labute approximate surface area is 178 Å². The lowest BCUT2D eigenvalue weighted by atomic mass is 9.79. The van der Waals surface area contributed by atoms with Gasteiger partial charge < -0.3 is 35.0 Å². The monoisotopic (exact) mass is 434 g/mol. The van der Waals surface area contributed by atoms with Gasteiger partial charge in [-0.2, -0.15) is 0 Å². The first kappa shape index (κ1) is 22.1. The first-order valence-corrected chi connectivity index (χ1v) is 10.3. The fourth-order valence-electron chi connectivity index (χ4n) is 4.69. The number of phenols is 1. The van der Waals surface area contributed by atoms with Gasteiger partial charge in [0, 0.05) is 23.1 Å². The molecular formula is C22H26O9. The number of aliphatic hydroxyl groups is 4. The smallest absolute Gasteiger partial charge is 0.196 e. The Kier molecular flexibility index (Phi) is 5.53. The molecule has 0 amide bonds. The summed E-state index contributed by atoms with van der Waals surface area (Å²) in [6.07, 6.45) is -3.81. The topological polar surface area (TPSA) is 154 Å². The largest absolute Gasteiger partial charge is 0.507 e. The highest BCUT2D eigenvalue weighted by Crippen LogP contribution is 2.46. The average Bonchev–Trinajstić information content (AvgIpc) is 2.97. The second-order valence-electron chi connectivity index (χ2n) is 8.52. The Morgan fingerprint density at radius 3 is 2.55 bits per heavy atom. The zero-order valence-electron chi connectivity index (χ0n) is 17.2. The van der Waals surface area contributed by atoms with Gasteiger partial charge in [0.15, 0.2) is 17.4 Å². The number of allylic oxidation sites excluding steroid dienone is 1. The van der Waals surface area contributed by atoms with E-state index in [0.29, 0.717) is 24.0 Å². The number of hydrogen-bond donors (Lipinski definition) is 5. The Morgan fingerprint density at radius 2 is 1.94 bits per heavy atom. The lowest BCUT2D eigenvalue weighted by Crippen LogP contribution is -2.39. The van der Waals surface area contributed by atoms with E-state index in [9.17, 15) is 35.1 Å². The van der Waals surface area contributed by atoms with E-state index in [1.54, 1.807) is 0 Å². The summed E-state index contributed by atoms with van der Waals surface area (Å²) < 4.78 is 11.1. The van der Waals surface area contributed by atoms with Crippen molar-refractivity contribution in [3.63, 3.8) is 0 Å². The molecule has 1 aromatic rings. The number of carbonyl (C=O) groups excluding carboxylic acids is 2. The number of benzene rings is 1. The van der Waals surface area contributed by atoms with E-state index in [0.717, 1.165) is 6.08 Å². The minimum Gasteiger partial charge on any atom is -0.507 e. The van der Waals surface area contributed by atoms with E-state index < -0.39 is 60.2 Å². The number of Topliss-reactive ketones (excluding diaryl/α,β-unsaturated/α-hetero) is 1. The van der Waals surface area contributed by atoms with Crippen molar-refractivity contribution in [3.8, 4) is 5.75 Å². The molecule has 0 radical (unpaired) electrons. The molecule has 9 heteroatoms. The summed E-state index contributed by atoms with van der Waals surface area (Å²) in [7, 11) is 0. The highest BCUT2D eigenvalue weighted by molar-refractivity contribution is 6.26. The van der Waals surface area contributed by atoms with Crippen LogP contribution < -0.4 is 0 Å². The molecule has 1 fully saturated rings. The number of aromatic hydroxyl groups is 1. The van der Waals surface area contributed by atoms with Crippen LogP contribution in [0.4, 0.5) is 0 Å². The van der Waals surface area contributed by atoms with Crippen LogP contribution in [0.5, 0.6) is 5.75 Å². The molecule has 1 aromatic carbocycles. The van der Waals surface area contributed by atoms with Crippen molar-refractivity contribution < 1.29 is 44.6 Å². The molecular weight excluding hydrogens is 408 g/mol. The van der Waals surface area contributed by atoms with Crippen LogP contribution in [0.2, 0.25) is 0 Å². The summed E-state index contributed by atoms with van der Waals surface area (Å²) in [6, 6.07) is 1.49. The molecule has 0 saturated carbocycles. The predicted molar refractivity (Wildman–Crippen MR) is 106 cm³/mol. The fraction of sp³-hybridized carbons (Fsp3) is 0.545. The van der Waals surface area contributed by atoms with Gasteiger partial charge in [-0.25, -0.2) is 0 Å². The molecule has 6 atom stereocenters. The number of fused-ring (bicyclic) bond motifs is 2. The quantitative estimate of drug-likeness (QED) is 0.450. The molecule has 0 bridgehead atoms. The van der Waals surface area contributed by atoms with Crippen LogP contribution in [-0.4, -0.2) is 73.9 Å². The number of phenolic OH excluding ortho intramolecular Hbond substituents is 1. The summed E-state index contributed by atoms with van der Waals surface area (Å²) in [4.78, 5) is 26.2. The van der Waals surface area contributed by atoms with Gasteiger partial charge in [-0.3, -0.25) is 9.59 Å². The van der Waals surface area contributed by atoms with Crippen molar-refractivity contribution in [2.24, 2.45) is 0 Å². The standard InChI is InChI=1S/C22H26O9/c1-3-4-13-15-9(7-22(2,29)31-13)5-10-12(24)6-11(17(25)16(10)19(15)27)21-20(28)18(26)14(8-23)30-21/h5-6,13-14,18,20-21,23,26-29H,3-4,7-8H2,1-2H3/t13-,14-,18+,20+,21+,22-/m0/s1. The van der Waals surface area contributed by atoms with Crippen LogP contribution in [0.1, 0.15) is 64.6 Å². The van der Waals surface area contributed by atoms with Gasteiger partial charge in [-0.15, -0.1) is 0 Å². The van der Waals surface area contributed by atoms with Crippen molar-refractivity contribution >= 4 is 11.6 Å². The number of aliphatic hydroxyl groups excluding tert-OH is 3. The van der Waals surface area contributed by atoms with Gasteiger partial charge in [0.05, 0.1) is 18.3 Å². The molecule has 1 saturated heterocycles. The van der Waals surface area contributed by atoms with Crippen molar-refractivity contribution in [2.75, 3.05) is 6.61 Å². The van der Waals surface area contributed by atoms with Gasteiger partial charge in [-0.1, -0.05) is 13.3 Å². The third-order valence-corrected chi connectivity index (χ3v) is 6.10. The number of carbonyl (C=O) groups is 2. The molecule has 0 spiro atoms. The summed E-state index contributed by atoms with van der Waals surface area (Å²) >= 11 is 0. The van der Waals surface area contributed by atoms with Crippen LogP contribution in [-0.2, 0) is 15.9 Å². The molecule has 4 rings (SSSR count). The van der Waals surface area contributed by atoms with Crippen LogP contribution >= 0.6 is 0 Å². The van der Waals surface area contributed by atoms with E-state index in [4.69, 9.17) is 9.47 Å². The SMILES string of the molecule is CCC[C@@H]1O[C@](C)(O)Cc2cc3c(c(O)c21)C(=O)C([C@H]1O[C@@H](CO)[C@@H](O)[C@H]1O)=CC3=O. The molecule has 2 aliphatic heterocycles. The summed E-state index contributed by atoms with van der Waals surface area (Å²) in [6.45, 7) is 2.84. The number of ketones is 2. The van der Waals surface area contributed by atoms with E-state index in [1.807, 2.05) is 6.92 Å². The van der Waals surface area contributed by atoms with Crippen molar-refractivity contribution in [2.45, 2.75) is 69.4 Å². The van der Waals surface area contributed by atoms with Gasteiger partial charge in [0.2, 0.25) is 0 Å². The number of ether oxygens (including phenoxy) is 2. The summed E-state index contributed by atoms with van der Waals surface area (Å²) in [5, 5.41) is 51.1. The van der Waals surface area contributed by atoms with Gasteiger partial charge >= 0.3 is 0 Å². The maximum Gasteiger partial charge on any atom is 0.196 e. The lowest BCUT2D eigenvalue weighted by Gasteiger charge is -2.37. The molecule has 31 heavy (non-hydrogen) atoms. The van der Waals surface area contributed by atoms with Crippen LogP contribution in [0.3, 0.4) is 0 Å². The second kappa shape index (κ2) is 7.77.